The number of carbonyl (C=O) groups is 3. The first kappa shape index (κ1) is 13.6. The summed E-state index contributed by atoms with van der Waals surface area (Å²) in [4.78, 5) is 37.1. The van der Waals surface area contributed by atoms with Gasteiger partial charge in [-0.2, -0.15) is 5.10 Å². The van der Waals surface area contributed by atoms with Gasteiger partial charge in [-0.3, -0.25) is 19.1 Å². The Hall–Kier alpha value is -2.45. The summed E-state index contributed by atoms with van der Waals surface area (Å²) >= 11 is 0. The van der Waals surface area contributed by atoms with E-state index in [-0.39, 0.29) is 13.0 Å². The molecular weight excluding hydrogens is 244 g/mol. The first-order valence-electron chi connectivity index (χ1n) is 5.03. The van der Waals surface area contributed by atoms with Gasteiger partial charge in [-0.1, -0.05) is 0 Å². The van der Waals surface area contributed by atoms with Gasteiger partial charge in [-0.25, -0.2) is 4.98 Å². The minimum Gasteiger partial charge on any atom is -0.480 e. The molecule has 0 aliphatic rings. The van der Waals surface area contributed by atoms with E-state index >= 15 is 0 Å². The molecule has 0 bridgehead atoms. The van der Waals surface area contributed by atoms with E-state index in [1.807, 2.05) is 0 Å². The smallest absolute Gasteiger partial charge is 0.323 e. The minimum absolute atomic E-state index is 0.0378. The number of amides is 1. The molecule has 98 valence electrons. The van der Waals surface area contributed by atoms with E-state index in [2.05, 4.69) is 10.1 Å². The maximum atomic E-state index is 11.6. The first-order valence-corrected chi connectivity index (χ1v) is 5.03. The third kappa shape index (κ3) is 4.60. The van der Waals surface area contributed by atoms with Crippen molar-refractivity contribution >= 4 is 17.8 Å². The van der Waals surface area contributed by atoms with Crippen molar-refractivity contribution in [1.29, 1.82) is 0 Å². The molecule has 0 saturated carbocycles. The monoisotopic (exact) mass is 256 g/mol. The van der Waals surface area contributed by atoms with Crippen LogP contribution in [0.1, 0.15) is 6.42 Å². The summed E-state index contributed by atoms with van der Waals surface area (Å²) < 4.78 is 1.40. The van der Waals surface area contributed by atoms with E-state index in [4.69, 9.17) is 10.2 Å². The minimum atomic E-state index is -1.26. The van der Waals surface area contributed by atoms with Crippen LogP contribution in [-0.2, 0) is 20.9 Å². The Labute approximate surface area is 102 Å². The fraction of sp³-hybridized carbons (Fsp3) is 0.444. The molecule has 1 rings (SSSR count). The Kier molecular flexibility index (Phi) is 4.78. The molecule has 1 heterocycles. The number of rotatable bonds is 7. The van der Waals surface area contributed by atoms with Gasteiger partial charge >= 0.3 is 11.9 Å². The van der Waals surface area contributed by atoms with Gasteiger partial charge in [0.15, 0.2) is 0 Å². The van der Waals surface area contributed by atoms with Crippen LogP contribution in [0, 0.1) is 0 Å². The summed E-state index contributed by atoms with van der Waals surface area (Å²) in [6.45, 7) is -1.06. The van der Waals surface area contributed by atoms with Crippen LogP contribution in [0.15, 0.2) is 12.7 Å². The van der Waals surface area contributed by atoms with Gasteiger partial charge in [0.2, 0.25) is 5.91 Å². The van der Waals surface area contributed by atoms with Gasteiger partial charge in [-0.05, 0) is 0 Å². The van der Waals surface area contributed by atoms with E-state index < -0.39 is 30.9 Å². The summed E-state index contributed by atoms with van der Waals surface area (Å²) in [5.74, 6) is -3.08. The number of nitrogens with zero attached hydrogens (tertiary/aromatic N) is 4. The first-order chi connectivity index (χ1) is 8.49. The maximum Gasteiger partial charge on any atom is 0.323 e. The van der Waals surface area contributed by atoms with Crippen LogP contribution in [0.5, 0.6) is 0 Å². The molecule has 0 spiro atoms. The molecule has 0 atom stereocenters. The Balaban J connectivity index is 2.52. The van der Waals surface area contributed by atoms with Crippen LogP contribution in [0.25, 0.3) is 0 Å². The van der Waals surface area contributed by atoms with Crippen LogP contribution in [0.3, 0.4) is 0 Å². The number of hydrogen-bond donors (Lipinski definition) is 2. The predicted molar refractivity (Wildman–Crippen MR) is 56.5 cm³/mol. The molecule has 0 radical (unpaired) electrons. The quantitative estimate of drug-likeness (QED) is 0.618. The van der Waals surface area contributed by atoms with E-state index in [0.717, 1.165) is 4.90 Å². The van der Waals surface area contributed by atoms with E-state index in [9.17, 15) is 14.4 Å². The fourth-order valence-corrected chi connectivity index (χ4v) is 1.28. The van der Waals surface area contributed by atoms with Crippen molar-refractivity contribution < 1.29 is 24.6 Å². The molecule has 0 aliphatic carbocycles. The van der Waals surface area contributed by atoms with Crippen molar-refractivity contribution in [2.45, 2.75) is 13.0 Å². The maximum absolute atomic E-state index is 11.6. The van der Waals surface area contributed by atoms with Crippen molar-refractivity contribution in [1.82, 2.24) is 19.7 Å². The highest BCUT2D eigenvalue weighted by atomic mass is 16.4. The highest BCUT2D eigenvalue weighted by molar-refractivity contribution is 5.85. The molecule has 1 aromatic rings. The SMILES string of the molecule is O=C(O)CN(CC(=O)O)C(=O)CCn1cncn1. The van der Waals surface area contributed by atoms with Gasteiger partial charge in [0, 0.05) is 6.42 Å². The zero-order valence-corrected chi connectivity index (χ0v) is 9.39. The lowest BCUT2D eigenvalue weighted by atomic mass is 10.3. The van der Waals surface area contributed by atoms with Crippen LogP contribution < -0.4 is 0 Å². The molecule has 18 heavy (non-hydrogen) atoms. The standard InChI is InChI=1S/C9H12N4O5/c14-7(1-2-13-6-10-5-11-13)12(3-8(15)16)4-9(17)18/h5-6H,1-4H2,(H,15,16)(H,17,18). The lowest BCUT2D eigenvalue weighted by Gasteiger charge is -2.18. The second kappa shape index (κ2) is 6.33. The molecule has 0 unspecified atom stereocenters. The molecule has 0 aromatic carbocycles. The second-order valence-corrected chi connectivity index (χ2v) is 3.45. The van der Waals surface area contributed by atoms with Gasteiger partial charge in [0.25, 0.3) is 0 Å². The zero-order chi connectivity index (χ0) is 13.5. The lowest BCUT2D eigenvalue weighted by molar-refractivity contribution is -0.149. The van der Waals surface area contributed by atoms with Crippen molar-refractivity contribution in [2.75, 3.05) is 13.1 Å². The van der Waals surface area contributed by atoms with Crippen LogP contribution in [0.4, 0.5) is 0 Å². The van der Waals surface area contributed by atoms with E-state index in [0.29, 0.717) is 0 Å². The average molecular weight is 256 g/mol. The topological polar surface area (TPSA) is 126 Å². The Morgan fingerprint density at radius 1 is 1.17 bits per heavy atom. The third-order valence-electron chi connectivity index (χ3n) is 2.03. The fourth-order valence-electron chi connectivity index (χ4n) is 1.28. The molecule has 1 aromatic heterocycles. The summed E-state index contributed by atoms with van der Waals surface area (Å²) in [5.41, 5.74) is 0. The molecule has 9 heteroatoms. The van der Waals surface area contributed by atoms with Crippen LogP contribution in [-0.4, -0.2) is 60.8 Å². The lowest BCUT2D eigenvalue weighted by Crippen LogP contribution is -2.39. The number of aryl methyl sites for hydroxylation is 1. The van der Waals surface area contributed by atoms with Gasteiger partial charge in [0.1, 0.15) is 25.7 Å². The molecule has 0 aliphatic heterocycles. The molecule has 1 amide bonds. The van der Waals surface area contributed by atoms with Crippen molar-refractivity contribution in [3.8, 4) is 0 Å². The molecule has 2 N–H and O–H groups in total. The van der Waals surface area contributed by atoms with Crippen LogP contribution in [0.2, 0.25) is 0 Å². The third-order valence-corrected chi connectivity index (χ3v) is 2.03. The predicted octanol–water partition coefficient (Wildman–Crippen LogP) is -1.33. The second-order valence-electron chi connectivity index (χ2n) is 3.45. The summed E-state index contributed by atoms with van der Waals surface area (Å²) in [6.07, 6.45) is 2.67. The highest BCUT2D eigenvalue weighted by Gasteiger charge is 2.19. The van der Waals surface area contributed by atoms with Crippen molar-refractivity contribution in [3.05, 3.63) is 12.7 Å². The number of aliphatic carboxylic acids is 2. The van der Waals surface area contributed by atoms with E-state index in [1.54, 1.807) is 0 Å². The number of carboxylic acids is 2. The number of carbonyl (C=O) groups excluding carboxylic acids is 1. The molecule has 0 fully saturated rings. The number of carboxylic acid groups (broad SMARTS) is 2. The zero-order valence-electron chi connectivity index (χ0n) is 9.39. The Morgan fingerprint density at radius 3 is 2.22 bits per heavy atom. The van der Waals surface area contributed by atoms with Gasteiger partial charge < -0.3 is 15.1 Å². The largest absolute Gasteiger partial charge is 0.480 e. The van der Waals surface area contributed by atoms with Crippen molar-refractivity contribution in [2.24, 2.45) is 0 Å². The molecular formula is C9H12N4O5. The Morgan fingerprint density at radius 2 is 1.78 bits per heavy atom. The number of aromatic nitrogens is 3. The van der Waals surface area contributed by atoms with Gasteiger partial charge in [0.05, 0.1) is 6.54 Å². The summed E-state index contributed by atoms with van der Waals surface area (Å²) in [5, 5.41) is 20.9. The summed E-state index contributed by atoms with van der Waals surface area (Å²) in [7, 11) is 0. The number of hydrogen-bond acceptors (Lipinski definition) is 5. The highest BCUT2D eigenvalue weighted by Crippen LogP contribution is 1.97. The Bertz CT molecular complexity index is 414. The van der Waals surface area contributed by atoms with Crippen molar-refractivity contribution in [3.63, 3.8) is 0 Å². The van der Waals surface area contributed by atoms with Gasteiger partial charge in [-0.15, -0.1) is 0 Å². The molecule has 0 saturated heterocycles. The van der Waals surface area contributed by atoms with Crippen LogP contribution >= 0.6 is 0 Å². The van der Waals surface area contributed by atoms with E-state index in [1.165, 1.54) is 17.3 Å². The summed E-state index contributed by atoms with van der Waals surface area (Å²) in [6, 6.07) is 0. The average Bonchev–Trinajstić information content (AvgIpc) is 2.76. The molecule has 9 nitrogen and oxygen atoms in total. The normalized spacial score (nSPS) is 10.0.